The third-order valence-electron chi connectivity index (χ3n) is 5.05. The van der Waals surface area contributed by atoms with Gasteiger partial charge in [-0.3, -0.25) is 4.68 Å². The van der Waals surface area contributed by atoms with E-state index in [2.05, 4.69) is 42.6 Å². The molecule has 2 N–H and O–H groups in total. The molecule has 1 aliphatic rings. The number of anilines is 2. The van der Waals surface area contributed by atoms with Gasteiger partial charge in [-0.15, -0.1) is 0 Å². The zero-order valence-electron chi connectivity index (χ0n) is 16.8. The molecule has 5 nitrogen and oxygen atoms in total. The number of halogens is 3. The Morgan fingerprint density at radius 3 is 2.38 bits per heavy atom. The third-order valence-corrected chi connectivity index (χ3v) is 5.05. The van der Waals surface area contributed by atoms with Gasteiger partial charge in [-0.05, 0) is 64.3 Å². The smallest absolute Gasteiger partial charge is 0.339 e. The SMILES string of the molecule is CC(C)(C)NC1CCC(n2ccc(Nc3ccc(C(F)(F)F)cc3)n2)C(C#N)C1. The lowest BCUT2D eigenvalue weighted by molar-refractivity contribution is -0.137. The first-order chi connectivity index (χ1) is 13.5. The standard InChI is InChI=1S/C21H26F3N5/c1-20(2,3)27-17-8-9-18(14(12-17)13-25)29-11-10-19(28-29)26-16-6-4-15(5-7-16)21(22,23)24/h4-7,10-11,14,17-18,27H,8-9,12H2,1-3H3,(H,26,28). The fourth-order valence-electron chi connectivity index (χ4n) is 3.83. The predicted molar refractivity (Wildman–Crippen MR) is 106 cm³/mol. The van der Waals surface area contributed by atoms with Crippen LogP contribution in [0.5, 0.6) is 0 Å². The van der Waals surface area contributed by atoms with Crippen molar-refractivity contribution in [3.05, 3.63) is 42.1 Å². The predicted octanol–water partition coefficient (Wildman–Crippen LogP) is 5.27. The van der Waals surface area contributed by atoms with Crippen molar-refractivity contribution in [2.45, 2.75) is 63.8 Å². The van der Waals surface area contributed by atoms with Crippen LogP contribution in [0.15, 0.2) is 36.5 Å². The Balaban J connectivity index is 1.66. The lowest BCUT2D eigenvalue weighted by Gasteiger charge is -2.36. The van der Waals surface area contributed by atoms with E-state index < -0.39 is 11.7 Å². The van der Waals surface area contributed by atoms with E-state index in [4.69, 9.17) is 0 Å². The maximum absolute atomic E-state index is 12.7. The summed E-state index contributed by atoms with van der Waals surface area (Å²) < 4.78 is 39.8. The Labute approximate surface area is 168 Å². The fraction of sp³-hybridized carbons (Fsp3) is 0.524. The fourth-order valence-corrected chi connectivity index (χ4v) is 3.83. The number of nitriles is 1. The quantitative estimate of drug-likeness (QED) is 0.728. The summed E-state index contributed by atoms with van der Waals surface area (Å²) in [6.45, 7) is 6.35. The molecule has 0 aliphatic heterocycles. The van der Waals surface area contributed by atoms with E-state index in [9.17, 15) is 18.4 Å². The summed E-state index contributed by atoms with van der Waals surface area (Å²) in [6, 6.07) is 9.31. The minimum Gasteiger partial charge on any atom is -0.339 e. The second kappa shape index (κ2) is 8.07. The lowest BCUT2D eigenvalue weighted by atomic mass is 9.81. The zero-order chi connectivity index (χ0) is 21.2. The average Bonchev–Trinajstić information content (AvgIpc) is 3.08. The van der Waals surface area contributed by atoms with Crippen LogP contribution >= 0.6 is 0 Å². The molecule has 0 saturated heterocycles. The molecule has 0 bridgehead atoms. The first kappa shape index (κ1) is 21.2. The van der Waals surface area contributed by atoms with Crippen molar-refractivity contribution in [3.8, 4) is 6.07 Å². The molecule has 156 valence electrons. The number of nitrogens with one attached hydrogen (secondary N) is 2. The summed E-state index contributed by atoms with van der Waals surface area (Å²) in [5.41, 5.74) is -0.161. The second-order valence-corrected chi connectivity index (χ2v) is 8.59. The Morgan fingerprint density at radius 2 is 1.79 bits per heavy atom. The second-order valence-electron chi connectivity index (χ2n) is 8.59. The Morgan fingerprint density at radius 1 is 1.10 bits per heavy atom. The number of alkyl halides is 3. The molecule has 3 atom stereocenters. The van der Waals surface area contributed by atoms with Gasteiger partial charge < -0.3 is 10.6 Å². The van der Waals surface area contributed by atoms with E-state index in [0.29, 0.717) is 17.5 Å². The highest BCUT2D eigenvalue weighted by Gasteiger charge is 2.34. The van der Waals surface area contributed by atoms with Crippen molar-refractivity contribution in [2.24, 2.45) is 5.92 Å². The van der Waals surface area contributed by atoms with Gasteiger partial charge in [0.1, 0.15) is 0 Å². The van der Waals surface area contributed by atoms with Gasteiger partial charge in [0.2, 0.25) is 0 Å². The molecular formula is C21H26F3N5. The molecule has 0 amide bonds. The van der Waals surface area contributed by atoms with E-state index in [0.717, 1.165) is 31.4 Å². The van der Waals surface area contributed by atoms with Gasteiger partial charge in [0, 0.05) is 29.5 Å². The number of hydrogen-bond acceptors (Lipinski definition) is 4. The van der Waals surface area contributed by atoms with Crippen LogP contribution in [0.25, 0.3) is 0 Å². The molecule has 1 fully saturated rings. The molecular weight excluding hydrogens is 379 g/mol. The first-order valence-electron chi connectivity index (χ1n) is 9.72. The molecule has 8 heteroatoms. The van der Waals surface area contributed by atoms with Crippen molar-refractivity contribution < 1.29 is 13.2 Å². The van der Waals surface area contributed by atoms with Gasteiger partial charge in [0.25, 0.3) is 0 Å². The van der Waals surface area contributed by atoms with Crippen LogP contribution < -0.4 is 10.6 Å². The van der Waals surface area contributed by atoms with E-state index in [1.54, 1.807) is 10.7 Å². The highest BCUT2D eigenvalue weighted by atomic mass is 19.4. The molecule has 0 radical (unpaired) electrons. The van der Waals surface area contributed by atoms with Crippen molar-refractivity contribution in [1.29, 1.82) is 5.26 Å². The molecule has 1 aromatic heterocycles. The van der Waals surface area contributed by atoms with Crippen LogP contribution in [0.1, 0.15) is 51.6 Å². The summed E-state index contributed by atoms with van der Waals surface area (Å²) in [5, 5.41) is 20.8. The highest BCUT2D eigenvalue weighted by Crippen LogP contribution is 2.35. The van der Waals surface area contributed by atoms with E-state index >= 15 is 0 Å². The van der Waals surface area contributed by atoms with E-state index in [1.807, 2.05) is 6.20 Å². The van der Waals surface area contributed by atoms with Gasteiger partial charge in [0.05, 0.1) is 23.6 Å². The molecule has 3 unspecified atom stereocenters. The number of aromatic nitrogens is 2. The van der Waals surface area contributed by atoms with Gasteiger partial charge in [-0.1, -0.05) is 0 Å². The van der Waals surface area contributed by atoms with Gasteiger partial charge in [-0.25, -0.2) is 0 Å². The zero-order valence-corrected chi connectivity index (χ0v) is 16.8. The summed E-state index contributed by atoms with van der Waals surface area (Å²) in [5.74, 6) is 0.388. The largest absolute Gasteiger partial charge is 0.416 e. The summed E-state index contributed by atoms with van der Waals surface area (Å²) >= 11 is 0. The van der Waals surface area contributed by atoms with Crippen molar-refractivity contribution in [1.82, 2.24) is 15.1 Å². The normalized spacial score (nSPS) is 22.9. The van der Waals surface area contributed by atoms with Gasteiger partial charge in [0.15, 0.2) is 5.82 Å². The van der Waals surface area contributed by atoms with E-state index in [-0.39, 0.29) is 17.5 Å². The van der Waals surface area contributed by atoms with Crippen LogP contribution in [0.2, 0.25) is 0 Å². The maximum Gasteiger partial charge on any atom is 0.416 e. The topological polar surface area (TPSA) is 65.7 Å². The summed E-state index contributed by atoms with van der Waals surface area (Å²) in [7, 11) is 0. The third kappa shape index (κ3) is 5.51. The van der Waals surface area contributed by atoms with Crippen LogP contribution in [0.3, 0.4) is 0 Å². The average molecular weight is 405 g/mol. The molecule has 1 aromatic carbocycles. The molecule has 0 spiro atoms. The Kier molecular flexibility index (Phi) is 5.90. The van der Waals surface area contributed by atoms with Crippen LogP contribution in [0, 0.1) is 17.2 Å². The molecule has 3 rings (SSSR count). The molecule has 1 aliphatic carbocycles. The molecule has 1 saturated carbocycles. The molecule has 1 heterocycles. The number of hydrogen-bond donors (Lipinski definition) is 2. The molecule has 2 aromatic rings. The molecule has 29 heavy (non-hydrogen) atoms. The monoisotopic (exact) mass is 405 g/mol. The summed E-state index contributed by atoms with van der Waals surface area (Å²) in [4.78, 5) is 0. The minimum absolute atomic E-state index is 0.00195. The van der Waals surface area contributed by atoms with Gasteiger partial charge in [-0.2, -0.15) is 23.5 Å². The number of nitrogens with zero attached hydrogens (tertiary/aromatic N) is 3. The Bertz CT molecular complexity index is 858. The van der Waals surface area contributed by atoms with Crippen LogP contribution in [-0.4, -0.2) is 21.4 Å². The maximum atomic E-state index is 12.7. The lowest BCUT2D eigenvalue weighted by Crippen LogP contribution is -2.47. The van der Waals surface area contributed by atoms with Gasteiger partial charge >= 0.3 is 6.18 Å². The minimum atomic E-state index is -4.35. The van der Waals surface area contributed by atoms with E-state index in [1.165, 1.54) is 12.1 Å². The van der Waals surface area contributed by atoms with Crippen molar-refractivity contribution in [2.75, 3.05) is 5.32 Å². The van der Waals surface area contributed by atoms with Crippen LogP contribution in [-0.2, 0) is 6.18 Å². The Hall–Kier alpha value is -2.53. The summed E-state index contributed by atoms with van der Waals surface area (Å²) in [6.07, 6.45) is 0.0288. The highest BCUT2D eigenvalue weighted by molar-refractivity contribution is 5.56. The van der Waals surface area contributed by atoms with Crippen molar-refractivity contribution in [3.63, 3.8) is 0 Å². The number of benzene rings is 1. The van der Waals surface area contributed by atoms with Crippen molar-refractivity contribution >= 4 is 11.5 Å². The number of rotatable bonds is 4. The first-order valence-corrected chi connectivity index (χ1v) is 9.72. The van der Waals surface area contributed by atoms with Crippen LogP contribution in [0.4, 0.5) is 24.7 Å².